The van der Waals surface area contributed by atoms with E-state index in [4.69, 9.17) is 11.6 Å². The minimum atomic E-state index is -0.0858. The fourth-order valence-electron chi connectivity index (χ4n) is 1.22. The van der Waals surface area contributed by atoms with Crippen LogP contribution < -0.4 is 0 Å². The van der Waals surface area contributed by atoms with Crippen molar-refractivity contribution in [3.63, 3.8) is 0 Å². The summed E-state index contributed by atoms with van der Waals surface area (Å²) in [5.41, 5.74) is 0.768. The molecule has 1 heterocycles. The van der Waals surface area contributed by atoms with Crippen LogP contribution in [0, 0.1) is 0 Å². The molecule has 0 aliphatic carbocycles. The number of rotatable bonds is 4. The van der Waals surface area contributed by atoms with E-state index in [1.165, 1.54) is 0 Å². The zero-order valence-corrected chi connectivity index (χ0v) is 9.61. The maximum Gasteiger partial charge on any atom is 0.238 e. The summed E-state index contributed by atoms with van der Waals surface area (Å²) in [6, 6.07) is 0.109. The fourth-order valence-corrected chi connectivity index (χ4v) is 1.38. The van der Waals surface area contributed by atoms with Crippen LogP contribution in [0.25, 0.3) is 0 Å². The van der Waals surface area contributed by atoms with Gasteiger partial charge in [0.1, 0.15) is 5.88 Å². The SMILES string of the molecule is CC(C)N(Cc1cnccn1)C(=O)CCl. The molecule has 0 radical (unpaired) electrons. The lowest BCUT2D eigenvalue weighted by molar-refractivity contribution is -0.130. The number of aromatic nitrogens is 2. The zero-order chi connectivity index (χ0) is 11.3. The maximum atomic E-state index is 11.5. The van der Waals surface area contributed by atoms with Gasteiger partial charge in [0.25, 0.3) is 0 Å². The van der Waals surface area contributed by atoms with E-state index in [9.17, 15) is 4.79 Å². The van der Waals surface area contributed by atoms with Gasteiger partial charge in [0.05, 0.1) is 18.4 Å². The molecule has 0 fully saturated rings. The predicted molar refractivity (Wildman–Crippen MR) is 58.4 cm³/mol. The van der Waals surface area contributed by atoms with Gasteiger partial charge < -0.3 is 4.90 Å². The van der Waals surface area contributed by atoms with E-state index < -0.39 is 0 Å². The third kappa shape index (κ3) is 3.47. The molecule has 0 saturated heterocycles. The van der Waals surface area contributed by atoms with Crippen LogP contribution in [0.1, 0.15) is 19.5 Å². The van der Waals surface area contributed by atoms with Gasteiger partial charge in [-0.1, -0.05) is 0 Å². The number of hydrogen-bond acceptors (Lipinski definition) is 3. The summed E-state index contributed by atoms with van der Waals surface area (Å²) < 4.78 is 0. The summed E-state index contributed by atoms with van der Waals surface area (Å²) in [5, 5.41) is 0. The zero-order valence-electron chi connectivity index (χ0n) is 8.85. The van der Waals surface area contributed by atoms with Gasteiger partial charge >= 0.3 is 0 Å². The van der Waals surface area contributed by atoms with Gasteiger partial charge in [-0.25, -0.2) is 0 Å². The topological polar surface area (TPSA) is 46.1 Å². The molecule has 1 amide bonds. The van der Waals surface area contributed by atoms with Crippen molar-refractivity contribution < 1.29 is 4.79 Å². The van der Waals surface area contributed by atoms with E-state index >= 15 is 0 Å². The van der Waals surface area contributed by atoms with Crippen LogP contribution in [0.2, 0.25) is 0 Å². The van der Waals surface area contributed by atoms with Gasteiger partial charge in [-0.15, -0.1) is 11.6 Å². The first-order chi connectivity index (χ1) is 7.15. The highest BCUT2D eigenvalue weighted by molar-refractivity contribution is 6.27. The summed E-state index contributed by atoms with van der Waals surface area (Å²) >= 11 is 5.53. The Labute approximate surface area is 94.3 Å². The summed E-state index contributed by atoms with van der Waals surface area (Å²) in [6.07, 6.45) is 4.86. The van der Waals surface area contributed by atoms with Crippen molar-refractivity contribution in [1.29, 1.82) is 0 Å². The van der Waals surface area contributed by atoms with Crippen molar-refractivity contribution in [2.75, 3.05) is 5.88 Å². The summed E-state index contributed by atoms with van der Waals surface area (Å²) in [5.74, 6) is -0.0874. The van der Waals surface area contributed by atoms with Gasteiger partial charge in [0.15, 0.2) is 0 Å². The standard InChI is InChI=1S/C10H14ClN3O/c1-8(2)14(10(15)5-11)7-9-6-12-3-4-13-9/h3-4,6,8H,5,7H2,1-2H3. The van der Waals surface area contributed by atoms with Crippen LogP contribution in [-0.2, 0) is 11.3 Å². The molecular weight excluding hydrogens is 214 g/mol. The Hall–Kier alpha value is -1.16. The Morgan fingerprint density at radius 1 is 1.53 bits per heavy atom. The average molecular weight is 228 g/mol. The van der Waals surface area contributed by atoms with Gasteiger partial charge in [0, 0.05) is 18.4 Å². The third-order valence-electron chi connectivity index (χ3n) is 2.01. The molecule has 5 heteroatoms. The second-order valence-corrected chi connectivity index (χ2v) is 3.71. The number of halogens is 1. The molecule has 0 atom stereocenters. The summed E-state index contributed by atoms with van der Waals surface area (Å²) in [7, 11) is 0. The molecule has 0 aliphatic heterocycles. The Balaban J connectivity index is 2.72. The second-order valence-electron chi connectivity index (χ2n) is 3.45. The molecule has 0 spiro atoms. The van der Waals surface area contributed by atoms with Crippen LogP contribution in [0.3, 0.4) is 0 Å². The van der Waals surface area contributed by atoms with Crippen molar-refractivity contribution >= 4 is 17.5 Å². The number of carbonyl (C=O) groups excluding carboxylic acids is 1. The minimum absolute atomic E-state index is 0.00155. The largest absolute Gasteiger partial charge is 0.333 e. The Morgan fingerprint density at radius 2 is 2.27 bits per heavy atom. The summed E-state index contributed by atoms with van der Waals surface area (Å²) in [6.45, 7) is 4.35. The molecule has 0 N–H and O–H groups in total. The maximum absolute atomic E-state index is 11.5. The van der Waals surface area contributed by atoms with Crippen LogP contribution in [-0.4, -0.2) is 32.7 Å². The van der Waals surface area contributed by atoms with Gasteiger partial charge in [0.2, 0.25) is 5.91 Å². The lowest BCUT2D eigenvalue weighted by Gasteiger charge is -2.25. The minimum Gasteiger partial charge on any atom is -0.333 e. The average Bonchev–Trinajstić information content (AvgIpc) is 2.26. The first-order valence-electron chi connectivity index (χ1n) is 4.75. The van der Waals surface area contributed by atoms with Crippen molar-refractivity contribution in [2.24, 2.45) is 0 Å². The molecule has 1 rings (SSSR count). The number of nitrogens with zero attached hydrogens (tertiary/aromatic N) is 3. The number of alkyl halides is 1. The molecule has 1 aromatic rings. The molecule has 4 nitrogen and oxygen atoms in total. The first-order valence-corrected chi connectivity index (χ1v) is 5.29. The van der Waals surface area contributed by atoms with Crippen molar-refractivity contribution in [2.45, 2.75) is 26.4 Å². The fraction of sp³-hybridized carbons (Fsp3) is 0.500. The second kappa shape index (κ2) is 5.66. The van der Waals surface area contributed by atoms with Crippen LogP contribution in [0.15, 0.2) is 18.6 Å². The van der Waals surface area contributed by atoms with Crippen molar-refractivity contribution in [3.8, 4) is 0 Å². The predicted octanol–water partition coefficient (Wildman–Crippen LogP) is 1.45. The number of hydrogen-bond donors (Lipinski definition) is 0. The number of amides is 1. The van der Waals surface area contributed by atoms with Crippen LogP contribution >= 0.6 is 11.6 Å². The molecule has 0 saturated carbocycles. The van der Waals surface area contributed by atoms with E-state index in [0.717, 1.165) is 5.69 Å². The quantitative estimate of drug-likeness (QED) is 0.732. The summed E-state index contributed by atoms with van der Waals surface area (Å²) in [4.78, 5) is 21.2. The molecule has 82 valence electrons. The number of carbonyl (C=O) groups is 1. The lowest BCUT2D eigenvalue weighted by atomic mass is 10.3. The highest BCUT2D eigenvalue weighted by atomic mass is 35.5. The first kappa shape index (κ1) is 11.9. The van der Waals surface area contributed by atoms with Crippen molar-refractivity contribution in [1.82, 2.24) is 14.9 Å². The van der Waals surface area contributed by atoms with Crippen LogP contribution in [0.5, 0.6) is 0 Å². The molecule has 1 aromatic heterocycles. The molecule has 0 bridgehead atoms. The Kier molecular flexibility index (Phi) is 4.49. The smallest absolute Gasteiger partial charge is 0.238 e. The van der Waals surface area contributed by atoms with Gasteiger partial charge in [-0.05, 0) is 13.8 Å². The van der Waals surface area contributed by atoms with E-state index in [1.54, 1.807) is 23.5 Å². The van der Waals surface area contributed by atoms with Gasteiger partial charge in [-0.2, -0.15) is 0 Å². The molecule has 15 heavy (non-hydrogen) atoms. The van der Waals surface area contributed by atoms with E-state index in [-0.39, 0.29) is 17.8 Å². The molecule has 0 aromatic carbocycles. The monoisotopic (exact) mass is 227 g/mol. The van der Waals surface area contributed by atoms with E-state index in [0.29, 0.717) is 6.54 Å². The van der Waals surface area contributed by atoms with Crippen LogP contribution in [0.4, 0.5) is 0 Å². The molecule has 0 unspecified atom stereocenters. The molecular formula is C10H14ClN3O. The van der Waals surface area contributed by atoms with Gasteiger partial charge in [-0.3, -0.25) is 14.8 Å². The van der Waals surface area contributed by atoms with E-state index in [2.05, 4.69) is 9.97 Å². The normalized spacial score (nSPS) is 10.4. The highest BCUT2D eigenvalue weighted by Crippen LogP contribution is 2.06. The Bertz CT molecular complexity index is 316. The lowest BCUT2D eigenvalue weighted by Crippen LogP contribution is -2.37. The highest BCUT2D eigenvalue weighted by Gasteiger charge is 2.16. The third-order valence-corrected chi connectivity index (χ3v) is 2.24. The van der Waals surface area contributed by atoms with Crippen molar-refractivity contribution in [3.05, 3.63) is 24.3 Å². The van der Waals surface area contributed by atoms with E-state index in [1.807, 2.05) is 13.8 Å². The molecule has 0 aliphatic rings. The Morgan fingerprint density at radius 3 is 2.73 bits per heavy atom.